The van der Waals surface area contributed by atoms with Crippen LogP contribution < -0.4 is 14.2 Å². The Hall–Kier alpha value is -2.47. The van der Waals surface area contributed by atoms with Crippen molar-refractivity contribution < 1.29 is 19.1 Å². The summed E-state index contributed by atoms with van der Waals surface area (Å²) in [4.78, 5) is 10.5. The Morgan fingerprint density at radius 2 is 1.77 bits per heavy atom. The Labute approximate surface area is 132 Å². The van der Waals surface area contributed by atoms with E-state index in [9.17, 15) is 10.1 Å². The number of nitro benzene ring substituents is 1. The molecule has 0 fully saturated rings. The highest BCUT2D eigenvalue weighted by atomic mass is 35.5. The zero-order valence-corrected chi connectivity index (χ0v) is 12.6. The molecule has 22 heavy (non-hydrogen) atoms. The van der Waals surface area contributed by atoms with Crippen molar-refractivity contribution in [3.63, 3.8) is 0 Å². The van der Waals surface area contributed by atoms with Gasteiger partial charge in [-0.25, -0.2) is 0 Å². The van der Waals surface area contributed by atoms with Gasteiger partial charge in [-0.15, -0.1) is 0 Å². The number of hydrogen-bond donors (Lipinski definition) is 0. The quantitative estimate of drug-likeness (QED) is 0.441. The first-order valence-corrected chi connectivity index (χ1v) is 6.82. The molecule has 0 spiro atoms. The van der Waals surface area contributed by atoms with Crippen molar-refractivity contribution in [3.05, 3.63) is 57.6 Å². The number of nitro groups is 1. The van der Waals surface area contributed by atoms with Crippen molar-refractivity contribution in [1.29, 1.82) is 0 Å². The summed E-state index contributed by atoms with van der Waals surface area (Å²) in [6.07, 6.45) is 0. The number of nitrogens with zero attached hydrogens (tertiary/aromatic N) is 1. The van der Waals surface area contributed by atoms with Gasteiger partial charge in [-0.2, -0.15) is 0 Å². The summed E-state index contributed by atoms with van der Waals surface area (Å²) in [5.41, 5.74) is -0.155. The van der Waals surface area contributed by atoms with Crippen molar-refractivity contribution >= 4 is 17.3 Å². The number of ether oxygens (including phenoxy) is 3. The number of methoxy groups -OCH3 is 1. The second-order valence-electron chi connectivity index (χ2n) is 4.22. The molecule has 0 N–H and O–H groups in total. The third kappa shape index (κ3) is 4.02. The predicted molar refractivity (Wildman–Crippen MR) is 82.1 cm³/mol. The van der Waals surface area contributed by atoms with Crippen molar-refractivity contribution in [2.24, 2.45) is 0 Å². The lowest BCUT2D eigenvalue weighted by molar-refractivity contribution is -0.385. The molecule has 0 heterocycles. The highest BCUT2D eigenvalue weighted by molar-refractivity contribution is 6.32. The fourth-order valence-corrected chi connectivity index (χ4v) is 1.94. The molecule has 0 aromatic heterocycles. The van der Waals surface area contributed by atoms with E-state index in [0.717, 1.165) is 0 Å². The van der Waals surface area contributed by atoms with Gasteiger partial charge >= 0.3 is 5.69 Å². The molecule has 0 atom stereocenters. The van der Waals surface area contributed by atoms with Crippen LogP contribution >= 0.6 is 11.6 Å². The van der Waals surface area contributed by atoms with Crippen molar-refractivity contribution in [3.8, 4) is 17.2 Å². The summed E-state index contributed by atoms with van der Waals surface area (Å²) in [6, 6.07) is 11.4. The Morgan fingerprint density at radius 3 is 2.41 bits per heavy atom. The number of rotatable bonds is 7. The van der Waals surface area contributed by atoms with Crippen LogP contribution in [-0.4, -0.2) is 25.2 Å². The lowest BCUT2D eigenvalue weighted by atomic mass is 10.3. The van der Waals surface area contributed by atoms with E-state index in [1.165, 1.54) is 19.2 Å². The number of para-hydroxylation sites is 1. The van der Waals surface area contributed by atoms with Gasteiger partial charge in [0.1, 0.15) is 24.7 Å². The highest BCUT2D eigenvalue weighted by Crippen LogP contribution is 2.31. The molecule has 0 bridgehead atoms. The molecule has 0 saturated carbocycles. The Bertz CT molecular complexity index is 662. The number of benzene rings is 2. The first kappa shape index (κ1) is 15.9. The average molecular weight is 324 g/mol. The van der Waals surface area contributed by atoms with E-state index < -0.39 is 4.92 Å². The molecule has 0 unspecified atom stereocenters. The van der Waals surface area contributed by atoms with Crippen molar-refractivity contribution in [2.45, 2.75) is 0 Å². The van der Waals surface area contributed by atoms with Gasteiger partial charge in [0.05, 0.1) is 23.1 Å². The summed E-state index contributed by atoms with van der Waals surface area (Å²) in [5.74, 6) is 1.09. The van der Waals surface area contributed by atoms with Crippen LogP contribution in [0.4, 0.5) is 5.69 Å². The second-order valence-corrected chi connectivity index (χ2v) is 4.63. The molecule has 0 saturated heterocycles. The van der Waals surface area contributed by atoms with Gasteiger partial charge < -0.3 is 14.2 Å². The SMILES string of the molecule is COc1ccc(OCCOc2ccccc2Cl)c([N+](=O)[O-])c1. The molecule has 2 aromatic carbocycles. The molecular weight excluding hydrogens is 310 g/mol. The molecule has 2 rings (SSSR count). The lowest BCUT2D eigenvalue weighted by Crippen LogP contribution is -2.10. The molecule has 0 radical (unpaired) electrons. The van der Waals surface area contributed by atoms with Crippen molar-refractivity contribution in [2.75, 3.05) is 20.3 Å². The smallest absolute Gasteiger partial charge is 0.314 e. The van der Waals surface area contributed by atoms with Gasteiger partial charge in [-0.1, -0.05) is 23.7 Å². The molecule has 7 heteroatoms. The van der Waals surface area contributed by atoms with Gasteiger partial charge in [0.2, 0.25) is 0 Å². The molecule has 0 aliphatic rings. The summed E-state index contributed by atoms with van der Waals surface area (Å²) in [5, 5.41) is 11.5. The minimum Gasteiger partial charge on any atom is -0.496 e. The largest absolute Gasteiger partial charge is 0.496 e. The number of hydrogen-bond acceptors (Lipinski definition) is 5. The van der Waals surface area contributed by atoms with Crippen LogP contribution in [-0.2, 0) is 0 Å². The second kappa shape index (κ2) is 7.51. The first-order valence-electron chi connectivity index (χ1n) is 6.44. The maximum absolute atomic E-state index is 11.0. The van der Waals surface area contributed by atoms with Gasteiger partial charge in [-0.3, -0.25) is 10.1 Å². The number of halogens is 1. The van der Waals surface area contributed by atoms with Gasteiger partial charge in [-0.05, 0) is 24.3 Å². The van der Waals surface area contributed by atoms with E-state index in [-0.39, 0.29) is 24.7 Å². The maximum atomic E-state index is 11.0. The van der Waals surface area contributed by atoms with Crippen LogP contribution in [0.15, 0.2) is 42.5 Å². The molecule has 2 aromatic rings. The van der Waals surface area contributed by atoms with Crippen molar-refractivity contribution in [1.82, 2.24) is 0 Å². The van der Waals surface area contributed by atoms with Gasteiger partial charge in [0.25, 0.3) is 0 Å². The molecule has 0 aliphatic carbocycles. The molecule has 6 nitrogen and oxygen atoms in total. The molecular formula is C15H14ClNO5. The average Bonchev–Trinajstić information content (AvgIpc) is 2.53. The van der Waals surface area contributed by atoms with E-state index in [1.807, 2.05) is 0 Å². The minimum atomic E-state index is -0.521. The molecule has 0 amide bonds. The summed E-state index contributed by atoms with van der Waals surface area (Å²) in [6.45, 7) is 0.366. The third-order valence-electron chi connectivity index (χ3n) is 2.80. The predicted octanol–water partition coefficient (Wildman–Crippen LogP) is 3.71. The third-order valence-corrected chi connectivity index (χ3v) is 3.11. The zero-order chi connectivity index (χ0) is 15.9. The highest BCUT2D eigenvalue weighted by Gasteiger charge is 2.16. The first-order chi connectivity index (χ1) is 10.6. The lowest BCUT2D eigenvalue weighted by Gasteiger charge is -2.10. The van der Waals surface area contributed by atoms with Crippen LogP contribution in [0.3, 0.4) is 0 Å². The minimum absolute atomic E-state index is 0.151. The Morgan fingerprint density at radius 1 is 1.09 bits per heavy atom. The van der Waals surface area contributed by atoms with E-state index in [0.29, 0.717) is 16.5 Å². The normalized spacial score (nSPS) is 10.1. The Kier molecular flexibility index (Phi) is 5.43. The van der Waals surface area contributed by atoms with Crippen LogP contribution in [0.2, 0.25) is 5.02 Å². The summed E-state index contributed by atoms with van der Waals surface area (Å²) < 4.78 is 15.8. The summed E-state index contributed by atoms with van der Waals surface area (Å²) in [7, 11) is 1.44. The van der Waals surface area contributed by atoms with E-state index in [1.54, 1.807) is 30.3 Å². The van der Waals surface area contributed by atoms with E-state index in [4.69, 9.17) is 25.8 Å². The maximum Gasteiger partial charge on any atom is 0.314 e. The molecule has 0 aliphatic heterocycles. The summed E-state index contributed by atoms with van der Waals surface area (Å²) >= 11 is 5.95. The zero-order valence-electron chi connectivity index (χ0n) is 11.8. The van der Waals surface area contributed by atoms with E-state index in [2.05, 4.69) is 0 Å². The van der Waals surface area contributed by atoms with Crippen LogP contribution in [0.25, 0.3) is 0 Å². The van der Waals surface area contributed by atoms with Crippen LogP contribution in [0.1, 0.15) is 0 Å². The molecule has 116 valence electrons. The van der Waals surface area contributed by atoms with Gasteiger partial charge in [0.15, 0.2) is 5.75 Å². The van der Waals surface area contributed by atoms with Gasteiger partial charge in [0, 0.05) is 0 Å². The standard InChI is InChI=1S/C15H14ClNO5/c1-20-11-6-7-15(13(10-11)17(18)19)22-9-8-21-14-5-3-2-4-12(14)16/h2-7,10H,8-9H2,1H3. The van der Waals surface area contributed by atoms with Crippen LogP contribution in [0.5, 0.6) is 17.2 Å². The topological polar surface area (TPSA) is 70.8 Å². The monoisotopic (exact) mass is 323 g/mol. The fourth-order valence-electron chi connectivity index (χ4n) is 1.75. The fraction of sp³-hybridized carbons (Fsp3) is 0.200. The Balaban J connectivity index is 1.94. The van der Waals surface area contributed by atoms with E-state index >= 15 is 0 Å². The van der Waals surface area contributed by atoms with Crippen LogP contribution in [0, 0.1) is 10.1 Å².